The van der Waals surface area contributed by atoms with Crippen LogP contribution >= 0.6 is 0 Å². The highest BCUT2D eigenvalue weighted by Gasteiger charge is 2.44. The fraction of sp³-hybridized carbons (Fsp3) is 0.296. The van der Waals surface area contributed by atoms with Crippen molar-refractivity contribution in [2.45, 2.75) is 45.0 Å². The van der Waals surface area contributed by atoms with Gasteiger partial charge in [-0.25, -0.2) is 8.78 Å². The van der Waals surface area contributed by atoms with E-state index in [-0.39, 0.29) is 42.2 Å². The number of benzene rings is 2. The molecule has 3 aromatic rings. The summed E-state index contributed by atoms with van der Waals surface area (Å²) >= 11 is 0. The second-order valence-corrected chi connectivity index (χ2v) is 9.22. The first-order valence-electron chi connectivity index (χ1n) is 11.7. The van der Waals surface area contributed by atoms with E-state index < -0.39 is 40.7 Å². The summed E-state index contributed by atoms with van der Waals surface area (Å²) in [6.07, 6.45) is 0.941. The molecule has 0 saturated carbocycles. The van der Waals surface area contributed by atoms with Gasteiger partial charge < -0.3 is 19.3 Å². The third-order valence-electron chi connectivity index (χ3n) is 6.76. The zero-order chi connectivity index (χ0) is 25.6. The summed E-state index contributed by atoms with van der Waals surface area (Å²) < 4.78 is 34.3. The number of aryl methyl sites for hydroxylation is 2. The van der Waals surface area contributed by atoms with Gasteiger partial charge in [0.25, 0.3) is 5.91 Å². The summed E-state index contributed by atoms with van der Waals surface area (Å²) in [7, 11) is 0. The van der Waals surface area contributed by atoms with Crippen LogP contribution in [0.2, 0.25) is 0 Å². The van der Waals surface area contributed by atoms with Gasteiger partial charge in [0.05, 0.1) is 24.8 Å². The zero-order valence-corrected chi connectivity index (χ0v) is 19.5. The SMILES string of the molecule is Cc1ccc(C[C@H]2CO[C@@H]3Cn4cc(C(=O)CCc5ccc(F)cc5F)c(=O)c(O)c4C(=O)N23)cc1. The van der Waals surface area contributed by atoms with Crippen LogP contribution in [-0.2, 0) is 24.1 Å². The number of aromatic nitrogens is 1. The van der Waals surface area contributed by atoms with Crippen molar-refractivity contribution in [3.63, 3.8) is 0 Å². The van der Waals surface area contributed by atoms with Crippen LogP contribution in [0.15, 0.2) is 53.5 Å². The molecular weight excluding hydrogens is 470 g/mol. The quantitative estimate of drug-likeness (QED) is 0.531. The molecule has 0 unspecified atom stereocenters. The van der Waals surface area contributed by atoms with Gasteiger partial charge in [-0.05, 0) is 37.0 Å². The predicted molar refractivity (Wildman–Crippen MR) is 126 cm³/mol. The Morgan fingerprint density at radius 3 is 2.61 bits per heavy atom. The second kappa shape index (κ2) is 9.31. The number of pyridine rings is 1. The van der Waals surface area contributed by atoms with Crippen molar-refractivity contribution in [1.82, 2.24) is 9.47 Å². The maximum absolute atomic E-state index is 13.9. The molecular formula is C27H24F2N2O5. The Morgan fingerprint density at radius 2 is 1.89 bits per heavy atom. The minimum Gasteiger partial charge on any atom is -0.503 e. The highest BCUT2D eigenvalue weighted by Crippen LogP contribution is 2.31. The van der Waals surface area contributed by atoms with Gasteiger partial charge in [0.2, 0.25) is 5.43 Å². The number of nitrogens with zero attached hydrogens (tertiary/aromatic N) is 2. The third kappa shape index (κ3) is 4.30. The van der Waals surface area contributed by atoms with E-state index >= 15 is 0 Å². The molecule has 7 nitrogen and oxygen atoms in total. The molecule has 2 aliphatic rings. The van der Waals surface area contributed by atoms with Crippen LogP contribution in [-0.4, -0.2) is 45.1 Å². The number of Topliss-reactive ketones (excluding diaryl/α,β-unsaturated/α-hetero) is 1. The van der Waals surface area contributed by atoms with Gasteiger partial charge in [-0.15, -0.1) is 0 Å². The zero-order valence-electron chi connectivity index (χ0n) is 19.5. The molecule has 2 aromatic carbocycles. The Morgan fingerprint density at radius 1 is 1.14 bits per heavy atom. The molecule has 1 N–H and O–H groups in total. The lowest BCUT2D eigenvalue weighted by molar-refractivity contribution is 0.00576. The van der Waals surface area contributed by atoms with Crippen molar-refractivity contribution in [3.8, 4) is 5.75 Å². The summed E-state index contributed by atoms with van der Waals surface area (Å²) in [5.41, 5.74) is 0.865. The Bertz CT molecular complexity index is 1420. The van der Waals surface area contributed by atoms with E-state index in [0.29, 0.717) is 13.0 Å². The van der Waals surface area contributed by atoms with Gasteiger partial charge in [0.1, 0.15) is 11.6 Å². The van der Waals surface area contributed by atoms with Gasteiger partial charge in [0, 0.05) is 18.7 Å². The number of ether oxygens (including phenoxy) is 1. The van der Waals surface area contributed by atoms with E-state index in [9.17, 15) is 28.3 Å². The molecule has 3 heterocycles. The first-order valence-corrected chi connectivity index (χ1v) is 11.7. The van der Waals surface area contributed by atoms with E-state index in [0.717, 1.165) is 23.3 Å². The summed E-state index contributed by atoms with van der Waals surface area (Å²) in [5, 5.41) is 10.7. The molecule has 0 bridgehead atoms. The van der Waals surface area contributed by atoms with E-state index in [1.165, 1.54) is 16.8 Å². The van der Waals surface area contributed by atoms with Gasteiger partial charge >= 0.3 is 0 Å². The van der Waals surface area contributed by atoms with Crippen molar-refractivity contribution in [2.75, 3.05) is 6.61 Å². The standard InChI is InChI=1S/C27H24F2N2O5/c1-15-2-4-16(5-3-15)10-19-14-36-23-13-30-12-20(25(33)26(34)24(30)27(35)31(19)23)22(32)9-7-17-6-8-18(28)11-21(17)29/h2-6,8,11-12,19,23,34H,7,9-10,13-14H2,1H3/t19-,23+/m0/s1. The van der Waals surface area contributed by atoms with Crippen molar-refractivity contribution in [3.05, 3.63) is 98.5 Å². The van der Waals surface area contributed by atoms with Crippen LogP contribution in [0.5, 0.6) is 5.75 Å². The molecule has 186 valence electrons. The number of carbonyl (C=O) groups excluding carboxylic acids is 2. The summed E-state index contributed by atoms with van der Waals surface area (Å²) in [6.45, 7) is 2.44. The molecule has 1 saturated heterocycles. The maximum atomic E-state index is 13.9. The first kappa shape index (κ1) is 23.9. The number of hydrogen-bond donors (Lipinski definition) is 1. The average Bonchev–Trinajstić information content (AvgIpc) is 3.24. The van der Waals surface area contributed by atoms with Crippen LogP contribution < -0.4 is 5.43 Å². The molecule has 36 heavy (non-hydrogen) atoms. The van der Waals surface area contributed by atoms with Crippen LogP contribution in [0.25, 0.3) is 0 Å². The second-order valence-electron chi connectivity index (χ2n) is 9.22. The average molecular weight is 494 g/mol. The van der Waals surface area contributed by atoms with Gasteiger partial charge in [-0.1, -0.05) is 35.9 Å². The summed E-state index contributed by atoms with van der Waals surface area (Å²) in [6, 6.07) is 10.8. The normalized spacial score (nSPS) is 18.8. The third-order valence-corrected chi connectivity index (χ3v) is 6.76. The molecule has 0 spiro atoms. The number of hydrogen-bond acceptors (Lipinski definition) is 5. The Kier molecular flexibility index (Phi) is 6.17. The van der Waals surface area contributed by atoms with Crippen LogP contribution in [0.1, 0.15) is 44.0 Å². The Hall–Kier alpha value is -3.85. The number of rotatable bonds is 6. The molecule has 2 atom stereocenters. The highest BCUT2D eigenvalue weighted by atomic mass is 19.1. The lowest BCUT2D eigenvalue weighted by Crippen LogP contribution is -2.50. The van der Waals surface area contributed by atoms with E-state index in [2.05, 4.69) is 0 Å². The molecule has 1 amide bonds. The first-order chi connectivity index (χ1) is 17.2. The van der Waals surface area contributed by atoms with Gasteiger partial charge in [-0.2, -0.15) is 0 Å². The fourth-order valence-electron chi connectivity index (χ4n) is 4.82. The number of aromatic hydroxyl groups is 1. The fourth-order valence-corrected chi connectivity index (χ4v) is 4.82. The van der Waals surface area contributed by atoms with E-state index in [4.69, 9.17) is 4.74 Å². The molecule has 2 aliphatic heterocycles. The summed E-state index contributed by atoms with van der Waals surface area (Å²) in [5.74, 6) is -3.46. The molecule has 5 rings (SSSR count). The minimum absolute atomic E-state index is 0.0496. The monoisotopic (exact) mass is 494 g/mol. The molecule has 1 aromatic heterocycles. The Balaban J connectivity index is 1.38. The van der Waals surface area contributed by atoms with E-state index in [1.807, 2.05) is 31.2 Å². The molecule has 1 fully saturated rings. The van der Waals surface area contributed by atoms with Crippen LogP contribution in [0.3, 0.4) is 0 Å². The predicted octanol–water partition coefficient (Wildman–Crippen LogP) is 3.38. The Labute approximate surface area is 205 Å². The molecule has 0 aliphatic carbocycles. The lowest BCUT2D eigenvalue weighted by atomic mass is 10.0. The number of halogens is 2. The summed E-state index contributed by atoms with van der Waals surface area (Å²) in [4.78, 5) is 40.5. The minimum atomic E-state index is -0.951. The number of ketones is 1. The van der Waals surface area contributed by atoms with Crippen molar-refractivity contribution in [2.24, 2.45) is 0 Å². The maximum Gasteiger partial charge on any atom is 0.276 e. The lowest BCUT2D eigenvalue weighted by Gasteiger charge is -2.34. The van der Waals surface area contributed by atoms with Gasteiger partial charge in [-0.3, -0.25) is 14.4 Å². The van der Waals surface area contributed by atoms with Crippen LogP contribution in [0.4, 0.5) is 8.78 Å². The van der Waals surface area contributed by atoms with Gasteiger partial charge in [0.15, 0.2) is 23.5 Å². The van der Waals surface area contributed by atoms with Crippen molar-refractivity contribution < 1.29 is 28.2 Å². The van der Waals surface area contributed by atoms with Crippen molar-refractivity contribution >= 4 is 11.7 Å². The molecule has 9 heteroatoms. The number of carbonyl (C=O) groups is 2. The highest BCUT2D eigenvalue weighted by molar-refractivity contribution is 6.00. The topological polar surface area (TPSA) is 88.8 Å². The number of fused-ring (bicyclic) bond motifs is 2. The molecule has 0 radical (unpaired) electrons. The largest absolute Gasteiger partial charge is 0.503 e. The van der Waals surface area contributed by atoms with Crippen molar-refractivity contribution in [1.29, 1.82) is 0 Å². The van der Waals surface area contributed by atoms with E-state index in [1.54, 1.807) is 4.90 Å². The smallest absolute Gasteiger partial charge is 0.276 e. The van der Waals surface area contributed by atoms with Crippen LogP contribution in [0, 0.1) is 18.6 Å². The number of amides is 1.